The molecular weight excluding hydrogens is 192 g/mol. The normalized spacial score (nSPS) is 10.6. The number of hydrogen-bond donors (Lipinski definition) is 0. The van der Waals surface area contributed by atoms with E-state index in [1.807, 2.05) is 6.92 Å². The van der Waals surface area contributed by atoms with E-state index in [9.17, 15) is 0 Å². The van der Waals surface area contributed by atoms with Gasteiger partial charge in [0.05, 0.1) is 6.61 Å². The molecule has 0 aromatic heterocycles. The Kier molecular flexibility index (Phi) is 4.33. The Labute approximate surface area is 90.9 Å². The second-order valence-electron chi connectivity index (χ2n) is 3.47. The lowest BCUT2D eigenvalue weighted by atomic mass is 10.0. The highest BCUT2D eigenvalue weighted by molar-refractivity contribution is 7.98. The van der Waals surface area contributed by atoms with Crippen LogP contribution in [0.1, 0.15) is 32.3 Å². The summed E-state index contributed by atoms with van der Waals surface area (Å²) in [5.41, 5.74) is 1.30. The van der Waals surface area contributed by atoms with Gasteiger partial charge in [-0.1, -0.05) is 26.0 Å². The SMILES string of the molecule is CCOc1c(SC)cccc1C(C)C. The van der Waals surface area contributed by atoms with Crippen molar-refractivity contribution in [1.29, 1.82) is 0 Å². The predicted octanol–water partition coefficient (Wildman–Crippen LogP) is 3.93. The smallest absolute Gasteiger partial charge is 0.136 e. The fourth-order valence-corrected chi connectivity index (χ4v) is 2.02. The first-order chi connectivity index (χ1) is 6.70. The summed E-state index contributed by atoms with van der Waals surface area (Å²) in [7, 11) is 0. The van der Waals surface area contributed by atoms with Crippen LogP contribution in [0.4, 0.5) is 0 Å². The molecule has 0 aliphatic carbocycles. The van der Waals surface area contributed by atoms with Crippen LogP contribution in [-0.4, -0.2) is 12.9 Å². The van der Waals surface area contributed by atoms with Crippen molar-refractivity contribution in [3.63, 3.8) is 0 Å². The zero-order valence-electron chi connectivity index (χ0n) is 9.33. The van der Waals surface area contributed by atoms with E-state index in [4.69, 9.17) is 4.74 Å². The zero-order chi connectivity index (χ0) is 10.6. The molecule has 0 radical (unpaired) electrons. The highest BCUT2D eigenvalue weighted by atomic mass is 32.2. The van der Waals surface area contributed by atoms with Gasteiger partial charge < -0.3 is 4.74 Å². The van der Waals surface area contributed by atoms with Crippen molar-refractivity contribution in [2.24, 2.45) is 0 Å². The van der Waals surface area contributed by atoms with E-state index in [2.05, 4.69) is 38.3 Å². The maximum Gasteiger partial charge on any atom is 0.136 e. The lowest BCUT2D eigenvalue weighted by Crippen LogP contribution is -1.99. The summed E-state index contributed by atoms with van der Waals surface area (Å²) in [6.07, 6.45) is 2.09. The van der Waals surface area contributed by atoms with Gasteiger partial charge in [-0.25, -0.2) is 0 Å². The van der Waals surface area contributed by atoms with Crippen molar-refractivity contribution in [2.75, 3.05) is 12.9 Å². The molecule has 0 atom stereocenters. The van der Waals surface area contributed by atoms with Crippen LogP contribution < -0.4 is 4.74 Å². The molecule has 1 rings (SSSR count). The van der Waals surface area contributed by atoms with Crippen molar-refractivity contribution < 1.29 is 4.74 Å². The van der Waals surface area contributed by atoms with Crippen LogP contribution >= 0.6 is 11.8 Å². The monoisotopic (exact) mass is 210 g/mol. The summed E-state index contributed by atoms with van der Waals surface area (Å²) in [6, 6.07) is 6.36. The molecule has 1 aromatic carbocycles. The molecule has 14 heavy (non-hydrogen) atoms. The minimum Gasteiger partial charge on any atom is -0.492 e. The van der Waals surface area contributed by atoms with Gasteiger partial charge in [0.15, 0.2) is 0 Å². The molecule has 1 aromatic rings. The first-order valence-corrected chi connectivity index (χ1v) is 6.22. The highest BCUT2D eigenvalue weighted by Crippen LogP contribution is 2.35. The number of benzene rings is 1. The molecule has 78 valence electrons. The van der Waals surface area contributed by atoms with Gasteiger partial charge in [-0.2, -0.15) is 0 Å². The minimum atomic E-state index is 0.517. The van der Waals surface area contributed by atoms with Crippen LogP contribution in [0.15, 0.2) is 23.1 Å². The summed E-state index contributed by atoms with van der Waals surface area (Å²) in [4.78, 5) is 1.23. The molecule has 0 spiro atoms. The first-order valence-electron chi connectivity index (χ1n) is 5.00. The predicted molar refractivity (Wildman–Crippen MR) is 63.5 cm³/mol. The van der Waals surface area contributed by atoms with Crippen LogP contribution in [0, 0.1) is 0 Å². The average Bonchev–Trinajstić information content (AvgIpc) is 2.18. The minimum absolute atomic E-state index is 0.517. The third-order valence-electron chi connectivity index (χ3n) is 2.14. The largest absolute Gasteiger partial charge is 0.492 e. The van der Waals surface area contributed by atoms with Crippen LogP contribution in [0.5, 0.6) is 5.75 Å². The first kappa shape index (κ1) is 11.4. The Hall–Kier alpha value is -0.630. The van der Waals surface area contributed by atoms with Gasteiger partial charge in [0.1, 0.15) is 5.75 Å². The van der Waals surface area contributed by atoms with Crippen LogP contribution in [-0.2, 0) is 0 Å². The number of para-hydroxylation sites is 1. The van der Waals surface area contributed by atoms with Crippen LogP contribution in [0.25, 0.3) is 0 Å². The summed E-state index contributed by atoms with van der Waals surface area (Å²) in [5.74, 6) is 1.58. The van der Waals surface area contributed by atoms with E-state index in [1.54, 1.807) is 11.8 Å². The molecule has 0 saturated heterocycles. The fourth-order valence-electron chi connectivity index (χ4n) is 1.45. The van der Waals surface area contributed by atoms with Crippen molar-refractivity contribution in [3.05, 3.63) is 23.8 Å². The maximum absolute atomic E-state index is 5.70. The highest BCUT2D eigenvalue weighted by Gasteiger charge is 2.11. The van der Waals surface area contributed by atoms with Crippen molar-refractivity contribution in [1.82, 2.24) is 0 Å². The molecule has 1 nitrogen and oxygen atoms in total. The van der Waals surface area contributed by atoms with E-state index in [1.165, 1.54) is 10.5 Å². The standard InChI is InChI=1S/C12H18OS/c1-5-13-12-10(9(2)3)7-6-8-11(12)14-4/h6-9H,5H2,1-4H3. The fraction of sp³-hybridized carbons (Fsp3) is 0.500. The molecule has 0 heterocycles. The van der Waals surface area contributed by atoms with Crippen molar-refractivity contribution in [3.8, 4) is 5.75 Å². The molecule has 0 aliphatic rings. The van der Waals surface area contributed by atoms with E-state index >= 15 is 0 Å². The molecule has 0 fully saturated rings. The van der Waals surface area contributed by atoms with Gasteiger partial charge in [-0.05, 0) is 30.7 Å². The van der Waals surface area contributed by atoms with Gasteiger partial charge in [0.25, 0.3) is 0 Å². The number of ether oxygens (including phenoxy) is 1. The quantitative estimate of drug-likeness (QED) is 0.696. The molecular formula is C12H18OS. The molecule has 2 heteroatoms. The lowest BCUT2D eigenvalue weighted by Gasteiger charge is -2.15. The van der Waals surface area contributed by atoms with E-state index in [0.29, 0.717) is 5.92 Å². The summed E-state index contributed by atoms with van der Waals surface area (Å²) >= 11 is 1.74. The van der Waals surface area contributed by atoms with E-state index in [-0.39, 0.29) is 0 Å². The molecule has 0 amide bonds. The second-order valence-corrected chi connectivity index (χ2v) is 4.31. The molecule has 0 saturated carbocycles. The number of hydrogen-bond acceptors (Lipinski definition) is 2. The Morgan fingerprint density at radius 2 is 2.07 bits per heavy atom. The molecule has 0 N–H and O–H groups in total. The Balaban J connectivity index is 3.13. The van der Waals surface area contributed by atoms with Gasteiger partial charge in [0, 0.05) is 4.90 Å². The second kappa shape index (κ2) is 5.30. The third kappa shape index (κ3) is 2.44. The molecule has 0 bridgehead atoms. The molecule has 0 unspecified atom stereocenters. The average molecular weight is 210 g/mol. The van der Waals surface area contributed by atoms with Crippen molar-refractivity contribution >= 4 is 11.8 Å². The topological polar surface area (TPSA) is 9.23 Å². The van der Waals surface area contributed by atoms with Crippen molar-refractivity contribution in [2.45, 2.75) is 31.6 Å². The van der Waals surface area contributed by atoms with Crippen LogP contribution in [0.2, 0.25) is 0 Å². The Morgan fingerprint density at radius 3 is 2.57 bits per heavy atom. The zero-order valence-corrected chi connectivity index (χ0v) is 10.1. The van der Waals surface area contributed by atoms with E-state index in [0.717, 1.165) is 12.4 Å². The number of thioether (sulfide) groups is 1. The Bertz CT molecular complexity index is 294. The van der Waals surface area contributed by atoms with Crippen LogP contribution in [0.3, 0.4) is 0 Å². The lowest BCUT2D eigenvalue weighted by molar-refractivity contribution is 0.327. The number of rotatable bonds is 4. The maximum atomic E-state index is 5.70. The van der Waals surface area contributed by atoms with Gasteiger partial charge in [-0.15, -0.1) is 11.8 Å². The molecule has 0 aliphatic heterocycles. The van der Waals surface area contributed by atoms with Gasteiger partial charge >= 0.3 is 0 Å². The van der Waals surface area contributed by atoms with Gasteiger partial charge in [0.2, 0.25) is 0 Å². The summed E-state index contributed by atoms with van der Waals surface area (Å²) < 4.78 is 5.70. The van der Waals surface area contributed by atoms with Gasteiger partial charge in [-0.3, -0.25) is 0 Å². The third-order valence-corrected chi connectivity index (χ3v) is 2.90. The van der Waals surface area contributed by atoms with E-state index < -0.39 is 0 Å². The summed E-state index contributed by atoms with van der Waals surface area (Å²) in [5, 5.41) is 0. The Morgan fingerprint density at radius 1 is 1.36 bits per heavy atom. The summed E-state index contributed by atoms with van der Waals surface area (Å²) in [6.45, 7) is 7.16.